The number of nitrogen functional groups attached to an aromatic ring is 1. The highest BCUT2D eigenvalue weighted by molar-refractivity contribution is 7.11. The van der Waals surface area contributed by atoms with E-state index < -0.39 is 5.97 Å². The molecule has 1 aromatic heterocycles. The fourth-order valence-corrected chi connectivity index (χ4v) is 2.83. The lowest BCUT2D eigenvalue weighted by molar-refractivity contribution is 0.0472. The van der Waals surface area contributed by atoms with Gasteiger partial charge < -0.3 is 10.5 Å². The number of hydrogen-bond acceptors (Lipinski definition) is 5. The third kappa shape index (κ3) is 3.23. The van der Waals surface area contributed by atoms with E-state index in [4.69, 9.17) is 33.7 Å². The van der Waals surface area contributed by atoms with Gasteiger partial charge in [-0.05, 0) is 26.0 Å². The molecule has 2 aromatic rings. The van der Waals surface area contributed by atoms with Crippen molar-refractivity contribution in [2.45, 2.75) is 20.5 Å². The van der Waals surface area contributed by atoms with Crippen LogP contribution in [0.1, 0.15) is 25.9 Å². The molecule has 20 heavy (non-hydrogen) atoms. The molecule has 0 aliphatic carbocycles. The van der Waals surface area contributed by atoms with Crippen LogP contribution in [0.25, 0.3) is 0 Å². The van der Waals surface area contributed by atoms with E-state index in [2.05, 4.69) is 4.98 Å². The summed E-state index contributed by atoms with van der Waals surface area (Å²) in [5.41, 5.74) is 7.08. The van der Waals surface area contributed by atoms with E-state index in [1.165, 1.54) is 23.5 Å². The zero-order chi connectivity index (χ0) is 14.9. The Morgan fingerprint density at radius 2 is 2.10 bits per heavy atom. The first-order valence-corrected chi connectivity index (χ1v) is 7.30. The van der Waals surface area contributed by atoms with Gasteiger partial charge in [-0.3, -0.25) is 0 Å². The van der Waals surface area contributed by atoms with E-state index >= 15 is 0 Å². The lowest BCUT2D eigenvalue weighted by Gasteiger charge is -2.07. The van der Waals surface area contributed by atoms with Crippen LogP contribution in [0.15, 0.2) is 12.1 Å². The minimum Gasteiger partial charge on any atom is -0.455 e. The number of hydrogen-bond donors (Lipinski definition) is 1. The van der Waals surface area contributed by atoms with E-state index in [0.29, 0.717) is 5.69 Å². The van der Waals surface area contributed by atoms with E-state index in [1.54, 1.807) is 0 Å². The summed E-state index contributed by atoms with van der Waals surface area (Å²) in [6.45, 7) is 3.97. The Balaban J connectivity index is 2.13. The molecule has 0 unspecified atom stereocenters. The summed E-state index contributed by atoms with van der Waals surface area (Å²) < 4.78 is 5.18. The highest BCUT2D eigenvalue weighted by Crippen LogP contribution is 2.29. The monoisotopic (exact) mass is 330 g/mol. The van der Waals surface area contributed by atoms with Crippen LogP contribution in [0.3, 0.4) is 0 Å². The molecule has 1 aromatic carbocycles. The number of nitrogens with zero attached hydrogens (tertiary/aromatic N) is 1. The second-order valence-corrected chi connectivity index (χ2v) is 6.26. The minimum atomic E-state index is -0.574. The molecule has 0 amide bonds. The molecule has 4 nitrogen and oxygen atoms in total. The predicted octanol–water partition coefficient (Wildman–Crippen LogP) is 4.01. The number of carbonyl (C=O) groups excluding carboxylic acids is 1. The lowest BCUT2D eigenvalue weighted by Crippen LogP contribution is -2.07. The molecule has 2 rings (SSSR count). The van der Waals surface area contributed by atoms with Crippen LogP contribution in [0.5, 0.6) is 0 Å². The Bertz CT molecular complexity index is 651. The number of halogens is 2. The van der Waals surface area contributed by atoms with Crippen molar-refractivity contribution in [3.8, 4) is 0 Å². The highest BCUT2D eigenvalue weighted by Gasteiger charge is 2.16. The van der Waals surface area contributed by atoms with Crippen molar-refractivity contribution in [1.29, 1.82) is 0 Å². The van der Waals surface area contributed by atoms with Gasteiger partial charge in [0.05, 0.1) is 21.3 Å². The Morgan fingerprint density at radius 1 is 1.40 bits per heavy atom. The fourth-order valence-electron chi connectivity index (χ4n) is 1.56. The Kier molecular flexibility index (Phi) is 4.52. The van der Waals surface area contributed by atoms with Crippen LogP contribution in [-0.4, -0.2) is 11.0 Å². The third-order valence-corrected chi connectivity index (χ3v) is 4.52. The van der Waals surface area contributed by atoms with Gasteiger partial charge in [-0.1, -0.05) is 23.2 Å². The summed E-state index contributed by atoms with van der Waals surface area (Å²) in [6, 6.07) is 2.92. The summed E-state index contributed by atoms with van der Waals surface area (Å²) in [6.07, 6.45) is 0. The van der Waals surface area contributed by atoms with Crippen molar-refractivity contribution in [3.05, 3.63) is 43.3 Å². The number of esters is 1. The van der Waals surface area contributed by atoms with Crippen molar-refractivity contribution in [2.75, 3.05) is 5.73 Å². The van der Waals surface area contributed by atoms with E-state index in [0.717, 1.165) is 15.6 Å². The van der Waals surface area contributed by atoms with Gasteiger partial charge in [0.1, 0.15) is 11.6 Å². The van der Waals surface area contributed by atoms with Gasteiger partial charge in [0.25, 0.3) is 0 Å². The molecule has 106 valence electrons. The third-order valence-electron chi connectivity index (χ3n) is 2.67. The molecule has 0 radical (unpaired) electrons. The normalized spacial score (nSPS) is 10.6. The molecule has 7 heteroatoms. The summed E-state index contributed by atoms with van der Waals surface area (Å²) in [5.74, 6) is -0.574. The lowest BCUT2D eigenvalue weighted by atomic mass is 10.2. The standard InChI is InChI=1S/C13H12Cl2N2O2S/c1-6-7(2)20-11(17-6)5-19-13(18)9-3-8(16)4-10(14)12(9)15/h3-4H,5,16H2,1-2H3. The van der Waals surface area contributed by atoms with Gasteiger partial charge >= 0.3 is 5.97 Å². The maximum absolute atomic E-state index is 12.0. The van der Waals surface area contributed by atoms with Gasteiger partial charge in [-0.25, -0.2) is 9.78 Å². The zero-order valence-corrected chi connectivity index (χ0v) is 13.2. The van der Waals surface area contributed by atoms with Crippen LogP contribution in [0, 0.1) is 13.8 Å². The van der Waals surface area contributed by atoms with Gasteiger partial charge in [0, 0.05) is 10.6 Å². The van der Waals surface area contributed by atoms with Crippen molar-refractivity contribution < 1.29 is 9.53 Å². The van der Waals surface area contributed by atoms with E-state index in [1.807, 2.05) is 13.8 Å². The van der Waals surface area contributed by atoms with Crippen LogP contribution in [-0.2, 0) is 11.3 Å². The van der Waals surface area contributed by atoms with Gasteiger partial charge in [-0.2, -0.15) is 0 Å². The van der Waals surface area contributed by atoms with Crippen molar-refractivity contribution in [3.63, 3.8) is 0 Å². The first kappa shape index (κ1) is 15.1. The molecule has 0 spiro atoms. The first-order valence-electron chi connectivity index (χ1n) is 5.73. The molecule has 0 saturated carbocycles. The van der Waals surface area contributed by atoms with Crippen molar-refractivity contribution in [1.82, 2.24) is 4.98 Å². The van der Waals surface area contributed by atoms with Crippen LogP contribution >= 0.6 is 34.5 Å². The Hall–Kier alpha value is -1.30. The van der Waals surface area contributed by atoms with Crippen LogP contribution in [0.2, 0.25) is 10.0 Å². The number of nitrogens with two attached hydrogens (primary N) is 1. The summed E-state index contributed by atoms with van der Waals surface area (Å²) in [4.78, 5) is 17.4. The number of thiazole rings is 1. The maximum atomic E-state index is 12.0. The molecular weight excluding hydrogens is 319 g/mol. The summed E-state index contributed by atoms with van der Waals surface area (Å²) in [5, 5.41) is 1.09. The molecular formula is C13H12Cl2N2O2S. The number of aryl methyl sites for hydroxylation is 2. The highest BCUT2D eigenvalue weighted by atomic mass is 35.5. The average molecular weight is 331 g/mol. The molecule has 0 saturated heterocycles. The van der Waals surface area contributed by atoms with Crippen molar-refractivity contribution in [2.24, 2.45) is 0 Å². The molecule has 0 bridgehead atoms. The number of anilines is 1. The second kappa shape index (κ2) is 5.99. The molecule has 0 atom stereocenters. The Labute approximate surface area is 130 Å². The van der Waals surface area contributed by atoms with Gasteiger partial charge in [-0.15, -0.1) is 11.3 Å². The summed E-state index contributed by atoms with van der Waals surface area (Å²) in [7, 11) is 0. The number of rotatable bonds is 3. The Morgan fingerprint density at radius 3 is 2.70 bits per heavy atom. The molecule has 0 aliphatic heterocycles. The largest absolute Gasteiger partial charge is 0.455 e. The average Bonchev–Trinajstić information content (AvgIpc) is 2.70. The number of carbonyl (C=O) groups is 1. The van der Waals surface area contributed by atoms with Crippen LogP contribution in [0.4, 0.5) is 5.69 Å². The molecule has 1 heterocycles. The number of benzene rings is 1. The van der Waals surface area contributed by atoms with Gasteiger partial charge in [0.15, 0.2) is 0 Å². The second-order valence-electron chi connectivity index (χ2n) is 4.19. The SMILES string of the molecule is Cc1nc(COC(=O)c2cc(N)cc(Cl)c2Cl)sc1C. The minimum absolute atomic E-state index is 0.0981. The van der Waals surface area contributed by atoms with Crippen molar-refractivity contribution >= 4 is 46.2 Å². The first-order chi connectivity index (χ1) is 9.38. The topological polar surface area (TPSA) is 65.2 Å². The predicted molar refractivity (Wildman–Crippen MR) is 81.6 cm³/mol. The van der Waals surface area contributed by atoms with E-state index in [9.17, 15) is 4.79 Å². The number of aromatic nitrogens is 1. The molecule has 0 aliphatic rings. The maximum Gasteiger partial charge on any atom is 0.340 e. The smallest absolute Gasteiger partial charge is 0.340 e. The van der Waals surface area contributed by atoms with E-state index in [-0.39, 0.29) is 22.2 Å². The summed E-state index contributed by atoms with van der Waals surface area (Å²) >= 11 is 13.3. The molecule has 2 N–H and O–H groups in total. The van der Waals surface area contributed by atoms with Crippen LogP contribution < -0.4 is 5.73 Å². The quantitative estimate of drug-likeness (QED) is 0.682. The zero-order valence-electron chi connectivity index (χ0n) is 10.9. The molecule has 0 fully saturated rings. The fraction of sp³-hybridized carbons (Fsp3) is 0.231. The van der Waals surface area contributed by atoms with Gasteiger partial charge in [0.2, 0.25) is 0 Å². The number of ether oxygens (including phenoxy) is 1.